The first-order valence-electron chi connectivity index (χ1n) is 15.8. The number of amides is 4. The summed E-state index contributed by atoms with van der Waals surface area (Å²) in [5.74, 6) is -0.652. The second-order valence-electron chi connectivity index (χ2n) is 12.1. The number of carbonyl (C=O) groups is 3. The highest BCUT2D eigenvalue weighted by molar-refractivity contribution is 5.91. The van der Waals surface area contributed by atoms with Gasteiger partial charge in [0.15, 0.2) is 0 Å². The molecule has 2 fully saturated rings. The molecule has 47 heavy (non-hydrogen) atoms. The molecule has 0 spiro atoms. The minimum Gasteiger partial charge on any atom is -0.508 e. The van der Waals surface area contributed by atoms with Crippen LogP contribution in [0.4, 0.5) is 9.18 Å². The van der Waals surface area contributed by atoms with E-state index in [1.807, 2.05) is 36.4 Å². The lowest BCUT2D eigenvalue weighted by molar-refractivity contribution is -0.187. The molecule has 4 aromatic rings. The molecule has 0 saturated carbocycles. The Morgan fingerprint density at radius 2 is 1.47 bits per heavy atom. The van der Waals surface area contributed by atoms with Gasteiger partial charge in [-0.1, -0.05) is 84.9 Å². The van der Waals surface area contributed by atoms with Gasteiger partial charge in [0.25, 0.3) is 0 Å². The number of rotatable bonds is 9. The van der Waals surface area contributed by atoms with E-state index in [9.17, 15) is 23.9 Å². The molecule has 4 amide bonds. The zero-order valence-electron chi connectivity index (χ0n) is 26.2. The third kappa shape index (κ3) is 7.12. The number of piperazine rings is 1. The normalized spacial score (nSPS) is 18.4. The maximum atomic E-state index is 14.3. The number of hydrazine groups is 1. The van der Waals surface area contributed by atoms with E-state index >= 15 is 0 Å². The molecule has 0 radical (unpaired) electrons. The summed E-state index contributed by atoms with van der Waals surface area (Å²) in [4.78, 5) is 45.0. The third-order valence-corrected chi connectivity index (χ3v) is 8.96. The highest BCUT2D eigenvalue weighted by Crippen LogP contribution is 2.32. The summed E-state index contributed by atoms with van der Waals surface area (Å²) in [5, 5.41) is 15.9. The summed E-state index contributed by atoms with van der Waals surface area (Å²) in [5.41, 5.74) is 3.79. The van der Waals surface area contributed by atoms with Gasteiger partial charge in [-0.3, -0.25) is 9.59 Å². The van der Waals surface area contributed by atoms with Gasteiger partial charge in [0, 0.05) is 32.5 Å². The van der Waals surface area contributed by atoms with Crippen LogP contribution in [0.3, 0.4) is 0 Å². The number of fused-ring (bicyclic) bond motifs is 1. The second kappa shape index (κ2) is 14.0. The number of aromatic hydroxyl groups is 1. The lowest BCUT2D eigenvalue weighted by Gasteiger charge is -2.54. The fraction of sp³-hybridized carbons (Fsp3) is 0.270. The summed E-state index contributed by atoms with van der Waals surface area (Å²) in [6.07, 6.45) is 0.119. The third-order valence-electron chi connectivity index (χ3n) is 8.96. The molecule has 2 aliphatic heterocycles. The molecule has 2 N–H and O–H groups in total. The Kier molecular flexibility index (Phi) is 9.49. The predicted octanol–water partition coefficient (Wildman–Crippen LogP) is 4.73. The first kappa shape index (κ1) is 31.7. The molecule has 2 aliphatic rings. The summed E-state index contributed by atoms with van der Waals surface area (Å²) in [7, 11) is 1.68. The number of urea groups is 1. The van der Waals surface area contributed by atoms with Crippen LogP contribution in [0.2, 0.25) is 0 Å². The van der Waals surface area contributed by atoms with Gasteiger partial charge in [-0.25, -0.2) is 19.2 Å². The standard InChI is InChI=1S/C37H38FN5O4/c1-40-25-35(45)42-33(22-26-14-18-31(44)19-15-26)36(46)41(21-20-32(28-8-4-2-5-9-28)29-10-6-3-7-11-29)24-34(42)43(40)37(47)39-23-27-12-16-30(38)17-13-27/h2-19,32-34,44H,20-25H2,1H3,(H,39,47)/t33-,34-/m0/s1. The van der Waals surface area contributed by atoms with Crippen molar-refractivity contribution in [3.05, 3.63) is 137 Å². The monoisotopic (exact) mass is 635 g/mol. The van der Waals surface area contributed by atoms with E-state index in [1.54, 1.807) is 58.3 Å². The number of carbonyl (C=O) groups excluding carboxylic acids is 3. The maximum Gasteiger partial charge on any atom is 0.334 e. The largest absolute Gasteiger partial charge is 0.508 e. The Labute approximate surface area is 273 Å². The fourth-order valence-corrected chi connectivity index (χ4v) is 6.60. The lowest BCUT2D eigenvalue weighted by atomic mass is 9.88. The summed E-state index contributed by atoms with van der Waals surface area (Å²) in [6, 6.07) is 31.6. The Morgan fingerprint density at radius 1 is 0.872 bits per heavy atom. The number of benzene rings is 4. The van der Waals surface area contributed by atoms with Gasteiger partial charge >= 0.3 is 6.03 Å². The topological polar surface area (TPSA) is 96.4 Å². The van der Waals surface area contributed by atoms with Crippen molar-refractivity contribution in [3.63, 3.8) is 0 Å². The first-order chi connectivity index (χ1) is 22.8. The van der Waals surface area contributed by atoms with Crippen molar-refractivity contribution in [1.29, 1.82) is 0 Å². The fourth-order valence-electron chi connectivity index (χ4n) is 6.60. The Hall–Kier alpha value is -5.22. The molecule has 10 heteroatoms. The molecule has 0 unspecified atom stereocenters. The van der Waals surface area contributed by atoms with Gasteiger partial charge in [0.2, 0.25) is 11.8 Å². The van der Waals surface area contributed by atoms with Gasteiger partial charge in [-0.05, 0) is 52.9 Å². The van der Waals surface area contributed by atoms with Gasteiger partial charge in [0.05, 0.1) is 13.1 Å². The van der Waals surface area contributed by atoms with Crippen LogP contribution < -0.4 is 5.32 Å². The number of hydrogen-bond donors (Lipinski definition) is 2. The minimum atomic E-state index is -0.848. The molecule has 9 nitrogen and oxygen atoms in total. The molecule has 2 saturated heterocycles. The second-order valence-corrected chi connectivity index (χ2v) is 12.1. The van der Waals surface area contributed by atoms with Crippen LogP contribution >= 0.6 is 0 Å². The predicted molar refractivity (Wildman–Crippen MR) is 175 cm³/mol. The molecule has 0 bridgehead atoms. The Morgan fingerprint density at radius 3 is 2.09 bits per heavy atom. The summed E-state index contributed by atoms with van der Waals surface area (Å²) in [6.45, 7) is 0.636. The van der Waals surface area contributed by atoms with Crippen molar-refractivity contribution in [1.82, 2.24) is 25.1 Å². The van der Waals surface area contributed by atoms with E-state index < -0.39 is 18.2 Å². The van der Waals surface area contributed by atoms with Crippen LogP contribution in [-0.2, 0) is 22.6 Å². The van der Waals surface area contributed by atoms with Crippen LogP contribution in [0, 0.1) is 5.82 Å². The average Bonchev–Trinajstić information content (AvgIpc) is 3.08. The molecular weight excluding hydrogens is 597 g/mol. The minimum absolute atomic E-state index is 0.0320. The number of halogens is 1. The molecule has 2 atom stereocenters. The number of nitrogens with one attached hydrogen (secondary N) is 1. The number of hydrogen-bond acceptors (Lipinski definition) is 5. The average molecular weight is 636 g/mol. The van der Waals surface area contributed by atoms with Crippen molar-refractivity contribution in [2.24, 2.45) is 0 Å². The van der Waals surface area contributed by atoms with Crippen LogP contribution in [0.1, 0.15) is 34.6 Å². The molecular formula is C37H38FN5O4. The van der Waals surface area contributed by atoms with E-state index in [0.29, 0.717) is 13.0 Å². The van der Waals surface area contributed by atoms with Crippen molar-refractivity contribution in [2.75, 3.05) is 26.7 Å². The highest BCUT2D eigenvalue weighted by Gasteiger charge is 2.50. The van der Waals surface area contributed by atoms with E-state index in [2.05, 4.69) is 29.6 Å². The lowest BCUT2D eigenvalue weighted by Crippen LogP contribution is -2.76. The van der Waals surface area contributed by atoms with Crippen LogP contribution in [0.15, 0.2) is 109 Å². The zero-order chi connectivity index (χ0) is 32.9. The highest BCUT2D eigenvalue weighted by atomic mass is 19.1. The van der Waals surface area contributed by atoms with Crippen molar-refractivity contribution < 1.29 is 23.9 Å². The summed E-state index contributed by atoms with van der Waals surface area (Å²) < 4.78 is 13.5. The van der Waals surface area contributed by atoms with Crippen LogP contribution in [0.5, 0.6) is 5.75 Å². The number of nitrogens with zero attached hydrogens (tertiary/aromatic N) is 4. The van der Waals surface area contributed by atoms with Gasteiger partial charge in [-0.15, -0.1) is 0 Å². The van der Waals surface area contributed by atoms with Gasteiger partial charge in [0.1, 0.15) is 23.8 Å². The first-order valence-corrected chi connectivity index (χ1v) is 15.8. The van der Waals surface area contributed by atoms with E-state index in [0.717, 1.165) is 22.3 Å². The van der Waals surface area contributed by atoms with E-state index in [4.69, 9.17) is 0 Å². The van der Waals surface area contributed by atoms with E-state index in [-0.39, 0.29) is 55.4 Å². The summed E-state index contributed by atoms with van der Waals surface area (Å²) >= 11 is 0. The molecule has 242 valence electrons. The number of likely N-dealkylation sites (N-methyl/N-ethyl adjacent to an activating group) is 1. The van der Waals surface area contributed by atoms with Crippen molar-refractivity contribution >= 4 is 17.8 Å². The molecule has 0 aromatic heterocycles. The molecule has 0 aliphatic carbocycles. The molecule has 4 aromatic carbocycles. The number of phenols is 1. The Bertz CT molecular complexity index is 1650. The maximum absolute atomic E-state index is 14.3. The van der Waals surface area contributed by atoms with Crippen LogP contribution in [-0.4, -0.2) is 81.7 Å². The molecule has 2 heterocycles. The number of phenolic OH excluding ortho intramolecular Hbond substituents is 1. The quantitative estimate of drug-likeness (QED) is 0.277. The SMILES string of the molecule is CN1CC(=O)N2[C@@H](Cc3ccc(O)cc3)C(=O)N(CCC(c3ccccc3)c3ccccc3)C[C@@H]2N1C(=O)NCc1ccc(F)cc1. The van der Waals surface area contributed by atoms with Crippen molar-refractivity contribution in [2.45, 2.75) is 37.5 Å². The van der Waals surface area contributed by atoms with Gasteiger partial charge in [-0.2, -0.15) is 0 Å². The Balaban J connectivity index is 1.29. The zero-order valence-corrected chi connectivity index (χ0v) is 26.2. The van der Waals surface area contributed by atoms with Gasteiger partial charge < -0.3 is 20.2 Å². The van der Waals surface area contributed by atoms with E-state index in [1.165, 1.54) is 17.1 Å². The van der Waals surface area contributed by atoms with Crippen molar-refractivity contribution in [3.8, 4) is 5.75 Å². The van der Waals surface area contributed by atoms with Crippen LogP contribution in [0.25, 0.3) is 0 Å². The molecule has 6 rings (SSSR count). The smallest absolute Gasteiger partial charge is 0.334 e.